The van der Waals surface area contributed by atoms with Crippen LogP contribution in [0.5, 0.6) is 0 Å². The van der Waals surface area contributed by atoms with E-state index in [1.54, 1.807) is 6.92 Å². The van der Waals surface area contributed by atoms with Crippen molar-refractivity contribution in [2.45, 2.75) is 25.6 Å². The zero-order valence-corrected chi connectivity index (χ0v) is 7.88. The largest absolute Gasteiger partial charge is 0.553 e. The molecule has 0 aromatic rings. The summed E-state index contributed by atoms with van der Waals surface area (Å²) in [7, 11) is -2.87. The Kier molecular flexibility index (Phi) is 4.31. The highest BCUT2D eigenvalue weighted by Crippen LogP contribution is 2.36. The number of ether oxygens (including phenoxy) is 1. The van der Waals surface area contributed by atoms with Gasteiger partial charge < -0.3 is 9.84 Å². The lowest BCUT2D eigenvalue weighted by Crippen LogP contribution is -2.34. The summed E-state index contributed by atoms with van der Waals surface area (Å²) in [5.74, 6) is -1.42. The fraction of sp³-hybridized carbons (Fsp3) is 0.833. The minimum Gasteiger partial charge on any atom is -0.476 e. The van der Waals surface area contributed by atoms with Crippen LogP contribution in [0.4, 0.5) is 0 Å². The molecule has 2 unspecified atom stereocenters. The number of aliphatic carboxylic acids is 1. The van der Waals surface area contributed by atoms with E-state index in [0.717, 1.165) is 6.92 Å². The summed E-state index contributed by atoms with van der Waals surface area (Å²) in [6.45, 7) is 3.03. The summed E-state index contributed by atoms with van der Waals surface area (Å²) in [5.41, 5.74) is 0. The summed E-state index contributed by atoms with van der Waals surface area (Å²) in [5, 5.41) is 6.59. The second kappa shape index (κ2) is 4.50. The maximum absolute atomic E-state index is 10.6. The molecule has 0 aliphatic rings. The molecule has 2 N–H and O–H groups in total. The molecule has 0 heterocycles. The molecule has 0 saturated heterocycles. The molecule has 0 saturated carbocycles. The minimum atomic E-state index is -2.87. The monoisotopic (exact) mass is 195 g/mol. The Bertz CT molecular complexity index is 176. The number of hydrogen-bond donors (Lipinski definition) is 2. The van der Waals surface area contributed by atoms with Gasteiger partial charge in [0.1, 0.15) is 0 Å². The standard InChI is InChI=1S/C6H11O5P/c1-3-4-11-6(2,5(7)8)12(9)10/h3-4H2,1-2H3,(H-,7,8,9,10)/p+1. The SMILES string of the molecule is CCCOC(C)(C(=O)O)[P+](=O)O. The van der Waals surface area contributed by atoms with E-state index in [1.807, 2.05) is 0 Å². The molecule has 6 heteroatoms. The van der Waals surface area contributed by atoms with Crippen molar-refractivity contribution in [1.29, 1.82) is 0 Å². The molecule has 0 amide bonds. The van der Waals surface area contributed by atoms with Crippen molar-refractivity contribution < 1.29 is 24.1 Å². The van der Waals surface area contributed by atoms with Gasteiger partial charge in [0, 0.05) is 6.92 Å². The van der Waals surface area contributed by atoms with Crippen molar-refractivity contribution in [2.75, 3.05) is 6.61 Å². The van der Waals surface area contributed by atoms with Gasteiger partial charge in [0.2, 0.25) is 0 Å². The van der Waals surface area contributed by atoms with Crippen LogP contribution in [-0.4, -0.2) is 27.9 Å². The van der Waals surface area contributed by atoms with E-state index in [1.165, 1.54) is 0 Å². The number of rotatable bonds is 5. The molecule has 70 valence electrons. The van der Waals surface area contributed by atoms with E-state index >= 15 is 0 Å². The summed E-state index contributed by atoms with van der Waals surface area (Å²) in [6, 6.07) is 0. The van der Waals surface area contributed by atoms with E-state index in [4.69, 9.17) is 14.7 Å². The van der Waals surface area contributed by atoms with Gasteiger partial charge in [-0.15, -0.1) is 0 Å². The predicted octanol–water partition coefficient (Wildman–Crippen LogP) is 0.948. The first kappa shape index (κ1) is 11.5. The second-order valence-electron chi connectivity index (χ2n) is 2.41. The maximum Gasteiger partial charge on any atom is 0.553 e. The summed E-state index contributed by atoms with van der Waals surface area (Å²) >= 11 is 0. The molecular weight excluding hydrogens is 183 g/mol. The lowest BCUT2D eigenvalue weighted by molar-refractivity contribution is -0.153. The van der Waals surface area contributed by atoms with E-state index in [2.05, 4.69) is 0 Å². The first-order valence-electron chi connectivity index (χ1n) is 3.48. The van der Waals surface area contributed by atoms with Crippen LogP contribution in [0.15, 0.2) is 0 Å². The molecule has 0 aliphatic heterocycles. The lowest BCUT2D eigenvalue weighted by atomic mass is 10.4. The van der Waals surface area contributed by atoms with E-state index in [0.29, 0.717) is 6.42 Å². The van der Waals surface area contributed by atoms with Crippen molar-refractivity contribution in [2.24, 2.45) is 0 Å². The molecule has 0 rings (SSSR count). The number of carboxylic acid groups (broad SMARTS) is 1. The van der Waals surface area contributed by atoms with Gasteiger partial charge in [-0.25, -0.2) is 4.79 Å². The van der Waals surface area contributed by atoms with Crippen LogP contribution in [0, 0.1) is 0 Å². The average molecular weight is 195 g/mol. The fourth-order valence-electron chi connectivity index (χ4n) is 0.500. The van der Waals surface area contributed by atoms with Crippen LogP contribution in [0.3, 0.4) is 0 Å². The van der Waals surface area contributed by atoms with Crippen LogP contribution in [0.2, 0.25) is 0 Å². The Balaban J connectivity index is 4.40. The van der Waals surface area contributed by atoms with Gasteiger partial charge in [-0.1, -0.05) is 6.92 Å². The molecule has 2 atom stereocenters. The van der Waals surface area contributed by atoms with Crippen molar-refractivity contribution in [1.82, 2.24) is 0 Å². The minimum absolute atomic E-state index is 0.157. The summed E-state index contributed by atoms with van der Waals surface area (Å²) in [6.07, 6.45) is 0.603. The normalized spacial score (nSPS) is 16.8. The molecule has 0 radical (unpaired) electrons. The van der Waals surface area contributed by atoms with Gasteiger partial charge in [-0.05, 0) is 11.0 Å². The Hall–Kier alpha value is -0.510. The fourth-order valence-corrected chi connectivity index (χ4v) is 0.865. The van der Waals surface area contributed by atoms with Gasteiger partial charge in [0.25, 0.3) is 0 Å². The summed E-state index contributed by atoms with van der Waals surface area (Å²) in [4.78, 5) is 19.2. The molecule has 5 nitrogen and oxygen atoms in total. The van der Waals surface area contributed by atoms with Crippen molar-refractivity contribution in [3.05, 3.63) is 0 Å². The molecule has 0 fully saturated rings. The van der Waals surface area contributed by atoms with Gasteiger partial charge in [-0.3, -0.25) is 0 Å². The van der Waals surface area contributed by atoms with Gasteiger partial charge in [0.05, 0.1) is 6.61 Å². The van der Waals surface area contributed by atoms with E-state index < -0.39 is 19.3 Å². The smallest absolute Gasteiger partial charge is 0.476 e. The first-order valence-corrected chi connectivity index (χ1v) is 4.70. The molecule has 0 aromatic carbocycles. The third-order valence-electron chi connectivity index (χ3n) is 1.35. The highest BCUT2D eigenvalue weighted by atomic mass is 31.1. The van der Waals surface area contributed by atoms with Crippen LogP contribution in [0.1, 0.15) is 20.3 Å². The number of carbonyl (C=O) groups is 1. The van der Waals surface area contributed by atoms with E-state index in [-0.39, 0.29) is 6.61 Å². The molecule has 0 aliphatic carbocycles. The number of hydrogen-bond acceptors (Lipinski definition) is 3. The van der Waals surface area contributed by atoms with Gasteiger partial charge in [0.15, 0.2) is 0 Å². The number of carboxylic acids is 1. The second-order valence-corrected chi connectivity index (χ2v) is 3.81. The molecular formula is C6H12O5P+. The van der Waals surface area contributed by atoms with Crippen molar-refractivity contribution >= 4 is 14.0 Å². The third-order valence-corrected chi connectivity index (χ3v) is 2.40. The quantitative estimate of drug-likeness (QED) is 0.638. The molecule has 0 spiro atoms. The Labute approximate surface area is 71.2 Å². The van der Waals surface area contributed by atoms with Crippen molar-refractivity contribution in [3.8, 4) is 0 Å². The highest BCUT2D eigenvalue weighted by Gasteiger charge is 2.54. The van der Waals surface area contributed by atoms with Crippen LogP contribution >= 0.6 is 8.03 Å². The summed E-state index contributed by atoms with van der Waals surface area (Å²) < 4.78 is 15.4. The van der Waals surface area contributed by atoms with Crippen LogP contribution < -0.4 is 0 Å². The zero-order valence-electron chi connectivity index (χ0n) is 6.98. The lowest BCUT2D eigenvalue weighted by Gasteiger charge is -2.11. The van der Waals surface area contributed by atoms with Crippen molar-refractivity contribution in [3.63, 3.8) is 0 Å². The van der Waals surface area contributed by atoms with Gasteiger partial charge in [-0.2, -0.15) is 4.89 Å². The average Bonchev–Trinajstić information content (AvgIpc) is 1.99. The first-order chi connectivity index (χ1) is 5.45. The molecule has 0 bridgehead atoms. The Morgan fingerprint density at radius 2 is 2.17 bits per heavy atom. The van der Waals surface area contributed by atoms with Crippen LogP contribution in [-0.2, 0) is 14.1 Å². The highest BCUT2D eigenvalue weighted by molar-refractivity contribution is 7.41. The predicted molar refractivity (Wildman–Crippen MR) is 42.1 cm³/mol. The van der Waals surface area contributed by atoms with E-state index in [9.17, 15) is 9.36 Å². The Morgan fingerprint density at radius 1 is 1.67 bits per heavy atom. The molecule has 0 aromatic heterocycles. The zero-order chi connectivity index (χ0) is 9.78. The van der Waals surface area contributed by atoms with Crippen LogP contribution in [0.25, 0.3) is 0 Å². The maximum atomic E-state index is 10.6. The third kappa shape index (κ3) is 2.52. The Morgan fingerprint density at radius 3 is 2.42 bits per heavy atom. The molecule has 12 heavy (non-hydrogen) atoms. The topological polar surface area (TPSA) is 83.8 Å². The van der Waals surface area contributed by atoms with Gasteiger partial charge >= 0.3 is 19.3 Å².